The number of hydrogen-bond donors (Lipinski definition) is 0. The number of aromatic nitrogens is 1. The Morgan fingerprint density at radius 3 is 2.56 bits per heavy atom. The van der Waals surface area contributed by atoms with Crippen LogP contribution in [0.2, 0.25) is 0 Å². The molecule has 4 nitrogen and oxygen atoms in total. The minimum Gasteiger partial charge on any atom is -0.245 e. The summed E-state index contributed by atoms with van der Waals surface area (Å²) in [6, 6.07) is 0. The molecule has 1 aromatic rings. The molecule has 0 spiro atoms. The van der Waals surface area contributed by atoms with Crippen LogP contribution < -0.4 is 0 Å². The van der Waals surface area contributed by atoms with Crippen molar-refractivity contribution in [3.63, 3.8) is 0 Å². The van der Waals surface area contributed by atoms with Gasteiger partial charge in [0.15, 0.2) is 4.21 Å². The van der Waals surface area contributed by atoms with Gasteiger partial charge < -0.3 is 0 Å². The molecule has 1 atom stereocenters. The molecule has 18 heavy (non-hydrogen) atoms. The van der Waals surface area contributed by atoms with Crippen LogP contribution in [-0.4, -0.2) is 30.8 Å². The zero-order chi connectivity index (χ0) is 13.6. The smallest absolute Gasteiger partial charge is 0.245 e. The summed E-state index contributed by atoms with van der Waals surface area (Å²) >= 11 is 1.28. The van der Waals surface area contributed by atoms with E-state index >= 15 is 0 Å². The second-order valence-electron chi connectivity index (χ2n) is 5.36. The molecule has 0 radical (unpaired) electrons. The number of aryl methyl sites for hydroxylation is 2. The van der Waals surface area contributed by atoms with Crippen LogP contribution in [0.5, 0.6) is 0 Å². The molecule has 0 N–H and O–H groups in total. The lowest BCUT2D eigenvalue weighted by molar-refractivity contribution is 0.327. The second kappa shape index (κ2) is 4.58. The third kappa shape index (κ3) is 2.33. The quantitative estimate of drug-likeness (QED) is 0.859. The molecule has 2 heterocycles. The van der Waals surface area contributed by atoms with Crippen molar-refractivity contribution in [1.29, 1.82) is 0 Å². The van der Waals surface area contributed by atoms with Gasteiger partial charge in [-0.05, 0) is 32.1 Å². The summed E-state index contributed by atoms with van der Waals surface area (Å²) in [5, 5.41) is 0.809. The Morgan fingerprint density at radius 2 is 2.11 bits per heavy atom. The van der Waals surface area contributed by atoms with E-state index in [0.717, 1.165) is 17.8 Å². The highest BCUT2D eigenvalue weighted by atomic mass is 32.2. The van der Waals surface area contributed by atoms with E-state index in [4.69, 9.17) is 0 Å². The Kier molecular flexibility index (Phi) is 3.55. The van der Waals surface area contributed by atoms with Crippen molar-refractivity contribution in [3.8, 4) is 0 Å². The molecule has 6 heteroatoms. The molecular formula is C12H20N2O2S2. The summed E-state index contributed by atoms with van der Waals surface area (Å²) in [5.74, 6) is 0. The molecular weight excluding hydrogens is 268 g/mol. The summed E-state index contributed by atoms with van der Waals surface area (Å²) in [5.41, 5.74) is 0.753. The van der Waals surface area contributed by atoms with Crippen molar-refractivity contribution in [2.75, 3.05) is 13.1 Å². The third-order valence-electron chi connectivity index (χ3n) is 3.81. The number of thiazole rings is 1. The SMILES string of the molecule is CC[C@]1(C)CCN(S(=O)(=O)c2sc(C)nc2C)C1. The van der Waals surface area contributed by atoms with Gasteiger partial charge in [0, 0.05) is 13.1 Å². The molecule has 0 unspecified atom stereocenters. The van der Waals surface area contributed by atoms with Gasteiger partial charge in [-0.25, -0.2) is 13.4 Å². The molecule has 2 rings (SSSR count). The van der Waals surface area contributed by atoms with Crippen molar-refractivity contribution in [2.24, 2.45) is 5.41 Å². The van der Waals surface area contributed by atoms with Crippen molar-refractivity contribution < 1.29 is 8.42 Å². The van der Waals surface area contributed by atoms with E-state index in [1.807, 2.05) is 6.92 Å². The normalized spacial score (nSPS) is 25.8. The van der Waals surface area contributed by atoms with Gasteiger partial charge in [-0.3, -0.25) is 0 Å². The average Bonchev–Trinajstić information content (AvgIpc) is 2.84. The topological polar surface area (TPSA) is 50.3 Å². The first-order chi connectivity index (χ1) is 8.28. The predicted octanol–water partition coefficient (Wildman–Crippen LogP) is 2.57. The Morgan fingerprint density at radius 1 is 1.44 bits per heavy atom. The molecule has 0 saturated carbocycles. The Bertz CT molecular complexity index is 550. The van der Waals surface area contributed by atoms with Gasteiger partial charge in [0.1, 0.15) is 0 Å². The first kappa shape index (κ1) is 14.0. The molecule has 0 amide bonds. The molecule has 0 aliphatic carbocycles. The number of hydrogen-bond acceptors (Lipinski definition) is 4. The van der Waals surface area contributed by atoms with Gasteiger partial charge in [-0.2, -0.15) is 4.31 Å². The summed E-state index contributed by atoms with van der Waals surface area (Å²) in [7, 11) is -3.34. The van der Waals surface area contributed by atoms with Gasteiger partial charge in [0.2, 0.25) is 0 Å². The average molecular weight is 288 g/mol. The van der Waals surface area contributed by atoms with Crippen LogP contribution in [0.4, 0.5) is 0 Å². The fourth-order valence-corrected chi connectivity index (χ4v) is 5.55. The van der Waals surface area contributed by atoms with Gasteiger partial charge >= 0.3 is 0 Å². The Balaban J connectivity index is 2.31. The maximum Gasteiger partial charge on any atom is 0.254 e. The van der Waals surface area contributed by atoms with Gasteiger partial charge in [-0.15, -0.1) is 11.3 Å². The van der Waals surface area contributed by atoms with Crippen molar-refractivity contribution >= 4 is 21.4 Å². The maximum atomic E-state index is 12.6. The molecule has 1 aliphatic rings. The third-order valence-corrected chi connectivity index (χ3v) is 7.32. The molecule has 102 valence electrons. The summed E-state index contributed by atoms with van der Waals surface area (Å²) in [6.45, 7) is 9.15. The lowest BCUT2D eigenvalue weighted by atomic mass is 9.87. The van der Waals surface area contributed by atoms with Crippen molar-refractivity contribution in [2.45, 2.75) is 44.7 Å². The van der Waals surface area contributed by atoms with E-state index in [-0.39, 0.29) is 5.41 Å². The van der Waals surface area contributed by atoms with E-state index < -0.39 is 10.0 Å². The molecule has 1 aliphatic heterocycles. The summed E-state index contributed by atoms with van der Waals surface area (Å²) < 4.78 is 27.2. The van der Waals surface area contributed by atoms with Gasteiger partial charge in [-0.1, -0.05) is 13.8 Å². The van der Waals surface area contributed by atoms with Gasteiger partial charge in [0.25, 0.3) is 10.0 Å². The summed E-state index contributed by atoms with van der Waals surface area (Å²) in [6.07, 6.45) is 1.96. The first-order valence-electron chi connectivity index (χ1n) is 6.23. The monoisotopic (exact) mass is 288 g/mol. The summed E-state index contributed by atoms with van der Waals surface area (Å²) in [4.78, 5) is 4.22. The molecule has 1 saturated heterocycles. The first-order valence-corrected chi connectivity index (χ1v) is 8.48. The van der Waals surface area contributed by atoms with Crippen molar-refractivity contribution in [1.82, 2.24) is 9.29 Å². The highest BCUT2D eigenvalue weighted by Gasteiger charge is 2.39. The Hall–Kier alpha value is -0.460. The van der Waals surface area contributed by atoms with Crippen LogP contribution in [0.25, 0.3) is 0 Å². The lowest BCUT2D eigenvalue weighted by Crippen LogP contribution is -2.30. The van der Waals surface area contributed by atoms with E-state index in [0.29, 0.717) is 23.0 Å². The maximum absolute atomic E-state index is 12.6. The highest BCUT2D eigenvalue weighted by Crippen LogP contribution is 2.37. The molecule has 0 aromatic carbocycles. The zero-order valence-corrected chi connectivity index (χ0v) is 13.0. The fraction of sp³-hybridized carbons (Fsp3) is 0.750. The predicted molar refractivity (Wildman–Crippen MR) is 73.4 cm³/mol. The second-order valence-corrected chi connectivity index (χ2v) is 8.69. The van der Waals surface area contributed by atoms with E-state index in [1.54, 1.807) is 11.2 Å². The van der Waals surface area contributed by atoms with Gasteiger partial charge in [0.05, 0.1) is 10.7 Å². The van der Waals surface area contributed by atoms with Crippen LogP contribution in [0.3, 0.4) is 0 Å². The van der Waals surface area contributed by atoms with Crippen LogP contribution >= 0.6 is 11.3 Å². The molecule has 1 aromatic heterocycles. The van der Waals surface area contributed by atoms with E-state index in [9.17, 15) is 8.42 Å². The number of sulfonamides is 1. The van der Waals surface area contributed by atoms with E-state index in [1.165, 1.54) is 11.3 Å². The van der Waals surface area contributed by atoms with Crippen LogP contribution in [0.15, 0.2) is 4.21 Å². The van der Waals surface area contributed by atoms with Crippen LogP contribution in [-0.2, 0) is 10.0 Å². The largest absolute Gasteiger partial charge is 0.254 e. The lowest BCUT2D eigenvalue weighted by Gasteiger charge is -2.22. The standard InChI is InChI=1S/C12H20N2O2S2/c1-5-12(4)6-7-14(8-12)18(15,16)11-9(2)13-10(3)17-11/h5-8H2,1-4H3/t12-/m1/s1. The van der Waals surface area contributed by atoms with Crippen LogP contribution in [0.1, 0.15) is 37.4 Å². The fourth-order valence-electron chi connectivity index (χ4n) is 2.34. The molecule has 0 bridgehead atoms. The zero-order valence-electron chi connectivity index (χ0n) is 11.4. The van der Waals surface area contributed by atoms with Crippen LogP contribution in [0, 0.1) is 19.3 Å². The van der Waals surface area contributed by atoms with E-state index in [2.05, 4.69) is 18.8 Å². The minimum absolute atomic E-state index is 0.126. The Labute approximate surface area is 113 Å². The minimum atomic E-state index is -3.34. The highest BCUT2D eigenvalue weighted by molar-refractivity contribution is 7.91. The number of nitrogens with zero attached hydrogens (tertiary/aromatic N) is 2. The molecule has 1 fully saturated rings. The number of rotatable bonds is 3. The van der Waals surface area contributed by atoms with Crippen molar-refractivity contribution in [3.05, 3.63) is 10.7 Å².